The molecule has 1 heterocycles. The summed E-state index contributed by atoms with van der Waals surface area (Å²) in [5.74, 6) is 0. The highest BCUT2D eigenvalue weighted by Gasteiger charge is 2.28. The number of rotatable bonds is 2. The Morgan fingerprint density at radius 2 is 2.38 bits per heavy atom. The molecule has 1 saturated heterocycles. The maximum Gasteiger partial charge on any atom is 0.0196 e. The molecule has 0 aliphatic carbocycles. The first kappa shape index (κ1) is 6.05. The summed E-state index contributed by atoms with van der Waals surface area (Å²) in [4.78, 5) is 2.37. The van der Waals surface area contributed by atoms with Crippen molar-refractivity contribution in [1.29, 1.82) is 0 Å². The number of nitrogens with two attached hydrogens (primary N) is 1. The fourth-order valence-electron chi connectivity index (χ4n) is 0.917. The molecule has 8 heavy (non-hydrogen) atoms. The van der Waals surface area contributed by atoms with E-state index in [4.69, 9.17) is 5.73 Å². The van der Waals surface area contributed by atoms with Crippen molar-refractivity contribution in [3.05, 3.63) is 0 Å². The summed E-state index contributed by atoms with van der Waals surface area (Å²) in [6.07, 6.45) is 0. The predicted octanol–water partition coefficient (Wildman–Crippen LogP) is 0.0377. The Morgan fingerprint density at radius 3 is 2.50 bits per heavy atom. The number of nitrogens with zero attached hydrogens (tertiary/aromatic N) is 1. The van der Waals surface area contributed by atoms with Crippen molar-refractivity contribution in [2.45, 2.75) is 25.9 Å². The number of hydrogen-bond acceptors (Lipinski definition) is 2. The van der Waals surface area contributed by atoms with Crippen LogP contribution in [0.1, 0.15) is 13.8 Å². The summed E-state index contributed by atoms with van der Waals surface area (Å²) in [6.45, 7) is 6.59. The second-order valence-corrected chi connectivity index (χ2v) is 2.78. The van der Waals surface area contributed by atoms with Gasteiger partial charge < -0.3 is 5.73 Å². The Hall–Kier alpha value is -0.0800. The first-order valence-electron chi connectivity index (χ1n) is 3.20. The smallest absolute Gasteiger partial charge is 0.0196 e. The van der Waals surface area contributed by atoms with Gasteiger partial charge in [0.2, 0.25) is 0 Å². The van der Waals surface area contributed by atoms with Crippen molar-refractivity contribution in [3.8, 4) is 0 Å². The maximum atomic E-state index is 5.55. The standard InChI is InChI=1S/C6H14N2/c1-5(7)3-8-4-6(8)2/h5-6H,3-4,7H2,1-2H3/t5-,6+,8?/m0/s1. The van der Waals surface area contributed by atoms with Gasteiger partial charge in [-0.15, -0.1) is 0 Å². The van der Waals surface area contributed by atoms with Crippen molar-refractivity contribution < 1.29 is 0 Å². The van der Waals surface area contributed by atoms with E-state index in [-0.39, 0.29) is 0 Å². The van der Waals surface area contributed by atoms with E-state index in [9.17, 15) is 0 Å². The van der Waals surface area contributed by atoms with Gasteiger partial charge >= 0.3 is 0 Å². The van der Waals surface area contributed by atoms with Crippen molar-refractivity contribution >= 4 is 0 Å². The lowest BCUT2D eigenvalue weighted by Crippen LogP contribution is -2.25. The third-order valence-corrected chi connectivity index (χ3v) is 1.51. The highest BCUT2D eigenvalue weighted by molar-refractivity contribution is 4.86. The van der Waals surface area contributed by atoms with E-state index in [1.807, 2.05) is 6.92 Å². The Morgan fingerprint density at radius 1 is 1.88 bits per heavy atom. The summed E-state index contributed by atoms with van der Waals surface area (Å²) in [6, 6.07) is 1.15. The molecular weight excluding hydrogens is 100 g/mol. The molecule has 0 aromatic rings. The van der Waals surface area contributed by atoms with Gasteiger partial charge in [-0.05, 0) is 13.8 Å². The van der Waals surface area contributed by atoms with Crippen LogP contribution in [0.5, 0.6) is 0 Å². The Balaban J connectivity index is 2.05. The van der Waals surface area contributed by atoms with Crippen molar-refractivity contribution in [2.75, 3.05) is 13.1 Å². The molecule has 0 aromatic carbocycles. The Kier molecular flexibility index (Phi) is 1.54. The van der Waals surface area contributed by atoms with Gasteiger partial charge in [-0.2, -0.15) is 0 Å². The lowest BCUT2D eigenvalue weighted by atomic mass is 10.4. The van der Waals surface area contributed by atoms with Crippen LogP contribution in [0, 0.1) is 0 Å². The molecular formula is C6H14N2. The highest BCUT2D eigenvalue weighted by atomic mass is 15.3. The summed E-state index contributed by atoms with van der Waals surface area (Å²) in [7, 11) is 0. The topological polar surface area (TPSA) is 29.0 Å². The van der Waals surface area contributed by atoms with Gasteiger partial charge in [0.15, 0.2) is 0 Å². The van der Waals surface area contributed by atoms with Crippen LogP contribution in [0.25, 0.3) is 0 Å². The Bertz CT molecular complexity index is 80.6. The lowest BCUT2D eigenvalue weighted by Gasteiger charge is -2.03. The van der Waals surface area contributed by atoms with Gasteiger partial charge in [-0.25, -0.2) is 0 Å². The molecule has 1 aliphatic heterocycles. The predicted molar refractivity (Wildman–Crippen MR) is 34.7 cm³/mol. The van der Waals surface area contributed by atoms with Gasteiger partial charge in [0.25, 0.3) is 0 Å². The maximum absolute atomic E-state index is 5.55. The summed E-state index contributed by atoms with van der Waals surface area (Å²) >= 11 is 0. The quantitative estimate of drug-likeness (QED) is 0.513. The molecule has 3 atom stereocenters. The first-order valence-corrected chi connectivity index (χ1v) is 3.20. The third-order valence-electron chi connectivity index (χ3n) is 1.51. The van der Waals surface area contributed by atoms with Crippen LogP contribution in [-0.4, -0.2) is 30.1 Å². The molecule has 0 amide bonds. The van der Waals surface area contributed by atoms with Gasteiger partial charge in [0, 0.05) is 25.2 Å². The van der Waals surface area contributed by atoms with E-state index in [1.165, 1.54) is 6.54 Å². The zero-order valence-corrected chi connectivity index (χ0v) is 5.59. The minimum Gasteiger partial charge on any atom is -0.327 e. The molecule has 0 aromatic heterocycles. The fraction of sp³-hybridized carbons (Fsp3) is 1.00. The average Bonchev–Trinajstić information content (AvgIpc) is 2.17. The van der Waals surface area contributed by atoms with Gasteiger partial charge in [-0.1, -0.05) is 0 Å². The zero-order chi connectivity index (χ0) is 6.15. The molecule has 0 saturated carbocycles. The van der Waals surface area contributed by atoms with Crippen LogP contribution in [0.15, 0.2) is 0 Å². The summed E-state index contributed by atoms with van der Waals surface area (Å²) in [5.41, 5.74) is 5.55. The molecule has 2 heteroatoms. The van der Waals surface area contributed by atoms with Crippen LogP contribution in [-0.2, 0) is 0 Å². The molecule has 0 radical (unpaired) electrons. The summed E-state index contributed by atoms with van der Waals surface area (Å²) < 4.78 is 0. The Labute approximate surface area is 50.7 Å². The SMILES string of the molecule is C[C@H](N)CN1C[C@H]1C. The van der Waals surface area contributed by atoms with Crippen molar-refractivity contribution in [3.63, 3.8) is 0 Å². The summed E-state index contributed by atoms with van der Waals surface area (Å²) in [5, 5.41) is 0. The van der Waals surface area contributed by atoms with E-state index < -0.39 is 0 Å². The van der Waals surface area contributed by atoms with Crippen LogP contribution < -0.4 is 5.73 Å². The van der Waals surface area contributed by atoms with Gasteiger partial charge in [-0.3, -0.25) is 4.90 Å². The molecule has 1 unspecified atom stereocenters. The van der Waals surface area contributed by atoms with E-state index in [0.717, 1.165) is 12.6 Å². The van der Waals surface area contributed by atoms with Gasteiger partial charge in [0.05, 0.1) is 0 Å². The molecule has 1 aliphatic rings. The van der Waals surface area contributed by atoms with Gasteiger partial charge in [0.1, 0.15) is 0 Å². The third kappa shape index (κ3) is 1.46. The normalized spacial score (nSPS) is 39.4. The lowest BCUT2D eigenvalue weighted by molar-refractivity contribution is 0.474. The monoisotopic (exact) mass is 114 g/mol. The molecule has 0 spiro atoms. The highest BCUT2D eigenvalue weighted by Crippen LogP contribution is 2.14. The fourth-order valence-corrected chi connectivity index (χ4v) is 0.917. The van der Waals surface area contributed by atoms with E-state index in [2.05, 4.69) is 11.8 Å². The van der Waals surface area contributed by atoms with Crippen LogP contribution in [0.3, 0.4) is 0 Å². The molecule has 1 fully saturated rings. The largest absolute Gasteiger partial charge is 0.327 e. The van der Waals surface area contributed by atoms with Crippen molar-refractivity contribution in [1.82, 2.24) is 4.90 Å². The molecule has 2 N–H and O–H groups in total. The van der Waals surface area contributed by atoms with E-state index in [1.54, 1.807) is 0 Å². The first-order chi connectivity index (χ1) is 3.70. The van der Waals surface area contributed by atoms with Crippen molar-refractivity contribution in [2.24, 2.45) is 5.73 Å². The van der Waals surface area contributed by atoms with Crippen LogP contribution >= 0.6 is 0 Å². The number of hydrogen-bond donors (Lipinski definition) is 1. The molecule has 1 rings (SSSR count). The van der Waals surface area contributed by atoms with E-state index in [0.29, 0.717) is 6.04 Å². The minimum atomic E-state index is 0.347. The van der Waals surface area contributed by atoms with Crippen LogP contribution in [0.2, 0.25) is 0 Å². The van der Waals surface area contributed by atoms with Crippen LogP contribution in [0.4, 0.5) is 0 Å². The minimum absolute atomic E-state index is 0.347. The average molecular weight is 114 g/mol. The molecule has 48 valence electrons. The zero-order valence-electron chi connectivity index (χ0n) is 5.59. The molecule has 2 nitrogen and oxygen atoms in total. The second-order valence-electron chi connectivity index (χ2n) is 2.78. The molecule has 0 bridgehead atoms. The second kappa shape index (κ2) is 2.03. The van der Waals surface area contributed by atoms with E-state index >= 15 is 0 Å².